The lowest BCUT2D eigenvalue weighted by atomic mass is 10.1. The first-order valence-corrected chi connectivity index (χ1v) is 10.2. The van der Waals surface area contributed by atoms with Crippen molar-refractivity contribution in [3.05, 3.63) is 51.2 Å². The zero-order valence-electron chi connectivity index (χ0n) is 16.7. The Labute approximate surface area is 169 Å². The van der Waals surface area contributed by atoms with Gasteiger partial charge in [0.2, 0.25) is 0 Å². The molecule has 0 saturated carbocycles. The maximum Gasteiger partial charge on any atom is 0.350 e. The van der Waals surface area contributed by atoms with Gasteiger partial charge >= 0.3 is 5.97 Å². The predicted octanol–water partition coefficient (Wildman–Crippen LogP) is 3.63. The van der Waals surface area contributed by atoms with Crippen molar-refractivity contribution >= 4 is 23.3 Å². The van der Waals surface area contributed by atoms with Crippen LogP contribution in [0.1, 0.15) is 52.7 Å². The van der Waals surface area contributed by atoms with E-state index in [1.54, 1.807) is 26.0 Å². The third kappa shape index (κ3) is 6.30. The number of aliphatic imine (C=N–C) groups is 1. The molecular formula is C20H27FN4O2S. The first-order valence-electron chi connectivity index (χ1n) is 9.38. The molecule has 2 rings (SSSR count). The van der Waals surface area contributed by atoms with E-state index in [1.807, 2.05) is 13.8 Å². The van der Waals surface area contributed by atoms with Gasteiger partial charge in [-0.05, 0) is 51.8 Å². The Kier molecular flexibility index (Phi) is 8.38. The molecule has 2 N–H and O–H groups in total. The molecule has 0 amide bonds. The fourth-order valence-electron chi connectivity index (χ4n) is 2.52. The van der Waals surface area contributed by atoms with Crippen LogP contribution in [0.5, 0.6) is 0 Å². The zero-order valence-corrected chi connectivity index (χ0v) is 17.5. The Morgan fingerprint density at radius 3 is 2.68 bits per heavy atom. The number of carbonyl (C=O) groups excluding carboxylic acids is 1. The quantitative estimate of drug-likeness (QED) is 0.398. The SMILES string of the molecule is CCNC(=NCCc1ccc(F)cc1)NC(C)c1nc(C)c(C(=O)OCC)s1. The Hall–Kier alpha value is -2.48. The molecular weight excluding hydrogens is 379 g/mol. The topological polar surface area (TPSA) is 75.6 Å². The van der Waals surface area contributed by atoms with Crippen molar-refractivity contribution in [1.82, 2.24) is 15.6 Å². The van der Waals surface area contributed by atoms with Crippen LogP contribution in [0.15, 0.2) is 29.3 Å². The van der Waals surface area contributed by atoms with Gasteiger partial charge < -0.3 is 15.4 Å². The number of esters is 1. The van der Waals surface area contributed by atoms with Gasteiger partial charge in [0.25, 0.3) is 0 Å². The fourth-order valence-corrected chi connectivity index (χ4v) is 3.49. The lowest BCUT2D eigenvalue weighted by Gasteiger charge is -2.16. The summed E-state index contributed by atoms with van der Waals surface area (Å²) in [5.74, 6) is 0.0930. The number of nitrogens with zero attached hydrogens (tertiary/aromatic N) is 2. The molecule has 1 aromatic heterocycles. The van der Waals surface area contributed by atoms with Gasteiger partial charge in [-0.1, -0.05) is 12.1 Å². The van der Waals surface area contributed by atoms with Crippen LogP contribution in [-0.4, -0.2) is 36.6 Å². The van der Waals surface area contributed by atoms with Crippen LogP contribution in [0, 0.1) is 12.7 Å². The number of carbonyl (C=O) groups is 1. The second-order valence-electron chi connectivity index (χ2n) is 6.19. The van der Waals surface area contributed by atoms with E-state index in [2.05, 4.69) is 20.6 Å². The standard InChI is InChI=1S/C20H27FN4O2S/c1-5-22-20(23-12-11-15-7-9-16(21)10-8-15)25-14(4)18-24-13(3)17(28-18)19(26)27-6-2/h7-10,14H,5-6,11-12H2,1-4H3,(H2,22,23,25). The maximum absolute atomic E-state index is 13.0. The first-order chi connectivity index (χ1) is 13.4. The van der Waals surface area contributed by atoms with Crippen LogP contribution in [-0.2, 0) is 11.2 Å². The average molecular weight is 407 g/mol. The van der Waals surface area contributed by atoms with Crippen LogP contribution in [0.2, 0.25) is 0 Å². The van der Waals surface area contributed by atoms with E-state index in [9.17, 15) is 9.18 Å². The van der Waals surface area contributed by atoms with Gasteiger partial charge in [-0.2, -0.15) is 0 Å². The summed E-state index contributed by atoms with van der Waals surface area (Å²) in [6.45, 7) is 9.18. The molecule has 6 nitrogen and oxygen atoms in total. The van der Waals surface area contributed by atoms with E-state index in [4.69, 9.17) is 4.74 Å². The highest BCUT2D eigenvalue weighted by Gasteiger charge is 2.20. The van der Waals surface area contributed by atoms with Crippen LogP contribution in [0.4, 0.5) is 4.39 Å². The fraction of sp³-hybridized carbons (Fsp3) is 0.450. The van der Waals surface area contributed by atoms with Gasteiger partial charge in [0.1, 0.15) is 15.7 Å². The minimum absolute atomic E-state index is 0.115. The van der Waals surface area contributed by atoms with Gasteiger partial charge in [0, 0.05) is 13.1 Å². The zero-order chi connectivity index (χ0) is 20.5. The highest BCUT2D eigenvalue weighted by molar-refractivity contribution is 7.13. The Morgan fingerprint density at radius 1 is 1.32 bits per heavy atom. The summed E-state index contributed by atoms with van der Waals surface area (Å²) in [6.07, 6.45) is 0.717. The number of hydrogen-bond donors (Lipinski definition) is 2. The molecule has 1 atom stereocenters. The number of aryl methyl sites for hydroxylation is 1. The molecule has 1 aromatic carbocycles. The van der Waals surface area contributed by atoms with Crippen LogP contribution >= 0.6 is 11.3 Å². The van der Waals surface area contributed by atoms with Crippen molar-refractivity contribution in [2.45, 2.75) is 40.2 Å². The molecule has 1 unspecified atom stereocenters. The van der Waals surface area contributed by atoms with Crippen molar-refractivity contribution in [1.29, 1.82) is 0 Å². The highest BCUT2D eigenvalue weighted by Crippen LogP contribution is 2.24. The van der Waals surface area contributed by atoms with Gasteiger partial charge in [-0.3, -0.25) is 4.99 Å². The lowest BCUT2D eigenvalue weighted by molar-refractivity contribution is 0.0531. The molecule has 0 fully saturated rings. The summed E-state index contributed by atoms with van der Waals surface area (Å²) in [7, 11) is 0. The van der Waals surface area contributed by atoms with Gasteiger partial charge in [-0.25, -0.2) is 14.2 Å². The number of aromatic nitrogens is 1. The maximum atomic E-state index is 13.0. The number of ether oxygens (including phenoxy) is 1. The summed E-state index contributed by atoms with van der Waals surface area (Å²) < 4.78 is 18.1. The summed E-state index contributed by atoms with van der Waals surface area (Å²) in [4.78, 5) is 21.6. The number of rotatable bonds is 8. The van der Waals surface area contributed by atoms with E-state index in [-0.39, 0.29) is 17.8 Å². The van der Waals surface area contributed by atoms with Gasteiger partial charge in [-0.15, -0.1) is 11.3 Å². The molecule has 0 radical (unpaired) electrons. The third-order valence-electron chi connectivity index (χ3n) is 3.93. The molecule has 152 valence electrons. The Bertz CT molecular complexity index is 805. The van der Waals surface area contributed by atoms with Crippen molar-refractivity contribution in [3.8, 4) is 0 Å². The van der Waals surface area contributed by atoms with Gasteiger partial charge in [0.15, 0.2) is 5.96 Å². The molecule has 2 aromatic rings. The number of hydrogen-bond acceptors (Lipinski definition) is 5. The summed E-state index contributed by atoms with van der Waals surface area (Å²) in [5, 5.41) is 7.32. The largest absolute Gasteiger partial charge is 0.462 e. The summed E-state index contributed by atoms with van der Waals surface area (Å²) in [5.41, 5.74) is 1.70. The molecule has 0 bridgehead atoms. The summed E-state index contributed by atoms with van der Waals surface area (Å²) in [6, 6.07) is 6.33. The molecule has 28 heavy (non-hydrogen) atoms. The van der Waals surface area contributed by atoms with E-state index in [0.29, 0.717) is 36.1 Å². The smallest absolute Gasteiger partial charge is 0.350 e. The second-order valence-corrected chi connectivity index (χ2v) is 7.22. The normalized spacial score (nSPS) is 12.5. The highest BCUT2D eigenvalue weighted by atomic mass is 32.1. The number of nitrogens with one attached hydrogen (secondary N) is 2. The Balaban J connectivity index is 2.01. The number of halogens is 1. The predicted molar refractivity (Wildman–Crippen MR) is 110 cm³/mol. The second kappa shape index (κ2) is 10.8. The van der Waals surface area contributed by atoms with Crippen molar-refractivity contribution in [2.24, 2.45) is 4.99 Å². The van der Waals surface area contributed by atoms with Crippen molar-refractivity contribution in [3.63, 3.8) is 0 Å². The van der Waals surface area contributed by atoms with E-state index >= 15 is 0 Å². The molecule has 1 heterocycles. The van der Waals surface area contributed by atoms with E-state index in [0.717, 1.165) is 17.1 Å². The van der Waals surface area contributed by atoms with Crippen LogP contribution in [0.3, 0.4) is 0 Å². The van der Waals surface area contributed by atoms with E-state index in [1.165, 1.54) is 23.5 Å². The number of guanidine groups is 1. The minimum atomic E-state index is -0.337. The van der Waals surface area contributed by atoms with Crippen LogP contribution in [0.25, 0.3) is 0 Å². The number of thiazole rings is 1. The lowest BCUT2D eigenvalue weighted by Crippen LogP contribution is -2.38. The molecule has 0 spiro atoms. The monoisotopic (exact) mass is 406 g/mol. The van der Waals surface area contributed by atoms with Crippen molar-refractivity contribution < 1.29 is 13.9 Å². The number of benzene rings is 1. The van der Waals surface area contributed by atoms with Crippen molar-refractivity contribution in [2.75, 3.05) is 19.7 Å². The molecule has 0 aliphatic heterocycles. The molecule has 0 aliphatic carbocycles. The minimum Gasteiger partial charge on any atom is -0.462 e. The molecule has 0 saturated heterocycles. The first kappa shape index (κ1) is 21.8. The summed E-state index contributed by atoms with van der Waals surface area (Å²) >= 11 is 1.33. The Morgan fingerprint density at radius 2 is 2.04 bits per heavy atom. The molecule has 0 aliphatic rings. The van der Waals surface area contributed by atoms with Gasteiger partial charge in [0.05, 0.1) is 18.3 Å². The average Bonchev–Trinajstić information content (AvgIpc) is 3.06. The van der Waals surface area contributed by atoms with E-state index < -0.39 is 0 Å². The third-order valence-corrected chi connectivity index (χ3v) is 5.25. The molecule has 8 heteroatoms. The van der Waals surface area contributed by atoms with Crippen LogP contribution < -0.4 is 10.6 Å².